The molecule has 2 aliphatic rings. The van der Waals surface area contributed by atoms with E-state index in [1.165, 1.54) is 5.57 Å². The van der Waals surface area contributed by atoms with Gasteiger partial charge in [0.2, 0.25) is 0 Å². The molecule has 2 atom stereocenters. The van der Waals surface area contributed by atoms with Gasteiger partial charge in [-0.05, 0) is 96.6 Å². The van der Waals surface area contributed by atoms with Crippen LogP contribution in [0.3, 0.4) is 0 Å². The van der Waals surface area contributed by atoms with E-state index in [0.29, 0.717) is 24.5 Å². The van der Waals surface area contributed by atoms with Gasteiger partial charge in [0.05, 0.1) is 6.07 Å². The van der Waals surface area contributed by atoms with Gasteiger partial charge in [-0.15, -0.1) is 0 Å². The van der Waals surface area contributed by atoms with E-state index in [9.17, 15) is 4.79 Å². The van der Waals surface area contributed by atoms with E-state index in [4.69, 9.17) is 14.7 Å². The van der Waals surface area contributed by atoms with Crippen LogP contribution >= 0.6 is 0 Å². The summed E-state index contributed by atoms with van der Waals surface area (Å²) in [6.07, 6.45) is 8.88. The minimum atomic E-state index is -0.294. The van der Waals surface area contributed by atoms with E-state index < -0.39 is 0 Å². The van der Waals surface area contributed by atoms with Gasteiger partial charge in [-0.1, -0.05) is 31.9 Å². The fourth-order valence-electron chi connectivity index (χ4n) is 5.65. The third kappa shape index (κ3) is 6.67. The molecule has 0 fully saturated rings. The van der Waals surface area contributed by atoms with Gasteiger partial charge < -0.3 is 14.4 Å². The van der Waals surface area contributed by atoms with E-state index >= 15 is 0 Å². The number of fused-ring (bicyclic) bond motifs is 3. The van der Waals surface area contributed by atoms with Gasteiger partial charge in [0.15, 0.2) is 0 Å². The number of hydrogen-bond acceptors (Lipinski definition) is 5. The summed E-state index contributed by atoms with van der Waals surface area (Å²) in [6.45, 7) is 11.9. The molecular weight excluding hydrogens is 436 g/mol. The lowest BCUT2D eigenvalue weighted by Crippen LogP contribution is -2.45. The topological polar surface area (TPSA) is 62.6 Å². The van der Waals surface area contributed by atoms with Crippen molar-refractivity contribution >= 4 is 5.97 Å². The number of benzene rings is 1. The van der Waals surface area contributed by atoms with Crippen LogP contribution < -0.4 is 9.47 Å². The second-order valence-corrected chi connectivity index (χ2v) is 11.9. The summed E-state index contributed by atoms with van der Waals surface area (Å²) in [5.74, 6) is 1.98. The van der Waals surface area contributed by atoms with E-state index in [1.807, 2.05) is 14.1 Å². The highest BCUT2D eigenvalue weighted by atomic mass is 16.5. The van der Waals surface area contributed by atoms with Gasteiger partial charge in [-0.2, -0.15) is 5.26 Å². The maximum atomic E-state index is 12.9. The molecule has 1 aromatic rings. The first-order valence-electron chi connectivity index (χ1n) is 13.2. The fraction of sp³-hybridized carbons (Fsp3) is 0.667. The van der Waals surface area contributed by atoms with E-state index in [0.717, 1.165) is 61.9 Å². The van der Waals surface area contributed by atoms with Crippen LogP contribution in [-0.2, 0) is 10.2 Å². The third-order valence-electron chi connectivity index (χ3n) is 7.82. The minimum Gasteiger partial charge on any atom is -0.487 e. The highest BCUT2D eigenvalue weighted by Crippen LogP contribution is 2.55. The molecule has 1 aliphatic heterocycles. The number of carbonyl (C=O) groups excluding carboxylic acids is 1. The molecule has 35 heavy (non-hydrogen) atoms. The Balaban J connectivity index is 1.99. The maximum absolute atomic E-state index is 12.9. The molecule has 5 heteroatoms. The van der Waals surface area contributed by atoms with Gasteiger partial charge in [-0.3, -0.25) is 4.79 Å². The number of unbranched alkanes of at least 4 members (excludes halogenated alkanes) is 2. The zero-order chi connectivity index (χ0) is 25.8. The van der Waals surface area contributed by atoms with Gasteiger partial charge in [-0.25, -0.2) is 0 Å². The molecule has 0 bridgehead atoms. The summed E-state index contributed by atoms with van der Waals surface area (Å²) in [5.41, 5.74) is 3.16. The second kappa shape index (κ2) is 11.2. The molecule has 0 unspecified atom stereocenters. The molecule has 0 amide bonds. The largest absolute Gasteiger partial charge is 0.487 e. The molecule has 5 nitrogen and oxygen atoms in total. The average Bonchev–Trinajstić information content (AvgIpc) is 2.75. The SMILES string of the molecule is CC1=CC[C@@H]2[C@@H](C1)c1c(OC(=O)CCCN(C)C)cc(C(C)(C)CCCCC#N)cc1OC2(C)C. The molecule has 1 aromatic carbocycles. The number of rotatable bonds is 10. The Hall–Kier alpha value is -2.32. The third-order valence-corrected chi connectivity index (χ3v) is 7.82. The van der Waals surface area contributed by atoms with Crippen LogP contribution in [0, 0.1) is 17.2 Å². The van der Waals surface area contributed by atoms with Crippen LogP contribution in [0.15, 0.2) is 23.8 Å². The van der Waals surface area contributed by atoms with Gasteiger partial charge in [0.25, 0.3) is 0 Å². The highest BCUT2D eigenvalue weighted by molar-refractivity contribution is 5.74. The zero-order valence-corrected chi connectivity index (χ0v) is 22.9. The monoisotopic (exact) mass is 480 g/mol. The Morgan fingerprint density at radius 3 is 2.69 bits per heavy atom. The van der Waals surface area contributed by atoms with Crippen molar-refractivity contribution in [3.8, 4) is 17.6 Å². The van der Waals surface area contributed by atoms with Crippen LogP contribution in [0.2, 0.25) is 0 Å². The van der Waals surface area contributed by atoms with Crippen molar-refractivity contribution in [2.24, 2.45) is 5.92 Å². The minimum absolute atomic E-state index is 0.122. The lowest BCUT2D eigenvalue weighted by Gasteiger charge is -2.47. The predicted molar refractivity (Wildman–Crippen MR) is 141 cm³/mol. The van der Waals surface area contributed by atoms with E-state index in [-0.39, 0.29) is 22.9 Å². The van der Waals surface area contributed by atoms with Crippen LogP contribution in [-0.4, -0.2) is 37.1 Å². The van der Waals surface area contributed by atoms with Crippen molar-refractivity contribution in [2.75, 3.05) is 20.6 Å². The Bertz CT molecular complexity index is 984. The summed E-state index contributed by atoms with van der Waals surface area (Å²) in [7, 11) is 4.03. The normalized spacial score (nSPS) is 20.8. The van der Waals surface area contributed by atoms with Gasteiger partial charge in [0.1, 0.15) is 17.1 Å². The second-order valence-electron chi connectivity index (χ2n) is 11.9. The molecule has 1 heterocycles. The Labute approximate surface area is 212 Å². The number of allylic oxidation sites excluding steroid dienone is 2. The van der Waals surface area contributed by atoms with E-state index in [1.54, 1.807) is 0 Å². The molecule has 0 saturated carbocycles. The summed E-state index contributed by atoms with van der Waals surface area (Å²) in [4.78, 5) is 15.0. The smallest absolute Gasteiger partial charge is 0.311 e. The molecular formula is C30H44N2O3. The molecule has 3 rings (SSSR count). The number of ether oxygens (including phenoxy) is 2. The first-order valence-corrected chi connectivity index (χ1v) is 13.2. The standard InChI is InChI=1S/C30H44N2O3/c1-21-13-14-24-23(18-21)28-25(34-27(33)12-11-17-32(6)7)19-22(20-26(28)35-30(24,4)5)29(2,3)15-9-8-10-16-31/h13,19-20,23-24H,8-12,14-15,17-18H2,1-7H3/t23-,24-/m1/s1. The molecule has 0 aromatic heterocycles. The van der Waals surface area contributed by atoms with Crippen LogP contribution in [0.5, 0.6) is 11.5 Å². The number of nitriles is 1. The summed E-state index contributed by atoms with van der Waals surface area (Å²) < 4.78 is 12.8. The molecule has 1 aliphatic carbocycles. The van der Waals surface area contributed by atoms with Crippen molar-refractivity contribution in [1.82, 2.24) is 4.90 Å². The van der Waals surface area contributed by atoms with Crippen molar-refractivity contribution in [1.29, 1.82) is 5.26 Å². The van der Waals surface area contributed by atoms with Crippen molar-refractivity contribution < 1.29 is 14.3 Å². The zero-order valence-electron chi connectivity index (χ0n) is 22.9. The summed E-state index contributed by atoms with van der Waals surface area (Å²) in [6, 6.07) is 6.53. The molecule has 0 saturated heterocycles. The Morgan fingerprint density at radius 2 is 2.00 bits per heavy atom. The van der Waals surface area contributed by atoms with Crippen molar-refractivity contribution in [2.45, 2.75) is 103 Å². The number of hydrogen-bond donors (Lipinski definition) is 0. The van der Waals surface area contributed by atoms with Crippen LogP contribution in [0.25, 0.3) is 0 Å². The first kappa shape index (κ1) is 27.3. The van der Waals surface area contributed by atoms with Gasteiger partial charge in [0, 0.05) is 30.2 Å². The molecule has 0 radical (unpaired) electrons. The average molecular weight is 481 g/mol. The lowest BCUT2D eigenvalue weighted by atomic mass is 9.66. The Kier molecular flexibility index (Phi) is 8.70. The predicted octanol–water partition coefficient (Wildman–Crippen LogP) is 6.91. The lowest BCUT2D eigenvalue weighted by molar-refractivity contribution is -0.134. The van der Waals surface area contributed by atoms with Gasteiger partial charge >= 0.3 is 5.97 Å². The summed E-state index contributed by atoms with van der Waals surface area (Å²) >= 11 is 0. The van der Waals surface area contributed by atoms with Crippen molar-refractivity contribution in [3.63, 3.8) is 0 Å². The number of nitrogens with zero attached hydrogens (tertiary/aromatic N) is 2. The summed E-state index contributed by atoms with van der Waals surface area (Å²) in [5, 5.41) is 8.90. The maximum Gasteiger partial charge on any atom is 0.311 e. The van der Waals surface area contributed by atoms with Crippen LogP contribution in [0.1, 0.15) is 103 Å². The Morgan fingerprint density at radius 1 is 1.26 bits per heavy atom. The molecule has 0 spiro atoms. The number of carbonyl (C=O) groups is 1. The fourth-order valence-corrected chi connectivity index (χ4v) is 5.65. The van der Waals surface area contributed by atoms with Crippen molar-refractivity contribution in [3.05, 3.63) is 34.9 Å². The van der Waals surface area contributed by atoms with E-state index in [2.05, 4.69) is 63.8 Å². The number of esters is 1. The van der Waals surface area contributed by atoms with Crippen LogP contribution in [0.4, 0.5) is 0 Å². The molecule has 192 valence electrons. The first-order chi connectivity index (χ1) is 16.4. The highest BCUT2D eigenvalue weighted by Gasteiger charge is 2.46. The molecule has 0 N–H and O–H groups in total. The quantitative estimate of drug-likeness (QED) is 0.158.